The first-order valence-electron chi connectivity index (χ1n) is 10.3. The number of carbonyl (C=O) groups excluding carboxylic acids is 1. The predicted molar refractivity (Wildman–Crippen MR) is 108 cm³/mol. The zero-order valence-electron chi connectivity index (χ0n) is 16.8. The van der Waals surface area contributed by atoms with Crippen molar-refractivity contribution in [2.24, 2.45) is 11.3 Å². The Balaban J connectivity index is 3.39. The Morgan fingerprint density at radius 1 is 1.12 bits per heavy atom. The number of Topliss-reactive ketones (excluding diaryl/α,β-unsaturated/α-hetero) is 1. The van der Waals surface area contributed by atoms with E-state index in [1.54, 1.807) is 0 Å². The highest BCUT2D eigenvalue weighted by atomic mass is 16.1. The standard InChI is InChI=1S/C22H38N2O/c1-5-9-10-11-17-14-22(12-6-2,13-7-3)15-18(16-23)21(25)20(17)19(24)8-4/h16,18,23-24H,5-15H2,1-4H3. The molecule has 142 valence electrons. The van der Waals surface area contributed by atoms with Gasteiger partial charge in [-0.3, -0.25) is 4.79 Å². The summed E-state index contributed by atoms with van der Waals surface area (Å²) in [7, 11) is 0. The summed E-state index contributed by atoms with van der Waals surface area (Å²) in [5.41, 5.74) is 2.50. The minimum Gasteiger partial charge on any atom is -0.312 e. The second-order valence-electron chi connectivity index (χ2n) is 7.79. The molecule has 0 aromatic rings. The van der Waals surface area contributed by atoms with Crippen molar-refractivity contribution in [2.75, 3.05) is 0 Å². The van der Waals surface area contributed by atoms with Crippen LogP contribution in [0.5, 0.6) is 0 Å². The van der Waals surface area contributed by atoms with Crippen molar-refractivity contribution in [1.29, 1.82) is 10.8 Å². The van der Waals surface area contributed by atoms with Crippen LogP contribution in [0.25, 0.3) is 0 Å². The summed E-state index contributed by atoms with van der Waals surface area (Å²) in [5.74, 6) is -0.300. The van der Waals surface area contributed by atoms with Crippen LogP contribution >= 0.6 is 0 Å². The van der Waals surface area contributed by atoms with Crippen LogP contribution in [-0.2, 0) is 4.79 Å². The van der Waals surface area contributed by atoms with E-state index in [1.807, 2.05) is 6.92 Å². The Hall–Kier alpha value is -1.25. The van der Waals surface area contributed by atoms with Gasteiger partial charge in [-0.1, -0.05) is 59.0 Å². The molecule has 1 aliphatic carbocycles. The maximum Gasteiger partial charge on any atom is 0.173 e. The summed E-state index contributed by atoms with van der Waals surface area (Å²) in [6.45, 7) is 8.60. The highest BCUT2D eigenvalue weighted by Crippen LogP contribution is 2.46. The lowest BCUT2D eigenvalue weighted by Gasteiger charge is -2.35. The molecule has 0 amide bonds. The maximum absolute atomic E-state index is 13.2. The van der Waals surface area contributed by atoms with Gasteiger partial charge in [-0.05, 0) is 50.4 Å². The first-order chi connectivity index (χ1) is 12.0. The Bertz CT molecular complexity index is 498. The maximum atomic E-state index is 13.2. The molecule has 3 nitrogen and oxygen atoms in total. The molecular formula is C22H38N2O. The number of hydrogen-bond acceptors (Lipinski definition) is 3. The molecule has 0 saturated heterocycles. The highest BCUT2D eigenvalue weighted by Gasteiger charge is 2.40. The van der Waals surface area contributed by atoms with Gasteiger partial charge in [0, 0.05) is 17.5 Å². The highest BCUT2D eigenvalue weighted by molar-refractivity contribution is 6.25. The molecule has 1 rings (SSSR count). The second kappa shape index (κ2) is 10.7. The third-order valence-corrected chi connectivity index (χ3v) is 5.68. The Morgan fingerprint density at radius 2 is 1.76 bits per heavy atom. The Kier molecular flexibility index (Phi) is 9.31. The van der Waals surface area contributed by atoms with Gasteiger partial charge in [-0.15, -0.1) is 0 Å². The Labute approximate surface area is 154 Å². The van der Waals surface area contributed by atoms with Crippen LogP contribution in [0.3, 0.4) is 0 Å². The number of unbranched alkanes of at least 4 members (excludes halogenated alkanes) is 2. The van der Waals surface area contributed by atoms with E-state index in [9.17, 15) is 4.79 Å². The molecule has 0 radical (unpaired) electrons. The van der Waals surface area contributed by atoms with E-state index in [-0.39, 0.29) is 17.1 Å². The first-order valence-corrected chi connectivity index (χ1v) is 10.3. The summed E-state index contributed by atoms with van der Waals surface area (Å²) < 4.78 is 0. The third kappa shape index (κ3) is 5.62. The van der Waals surface area contributed by atoms with Crippen molar-refractivity contribution >= 4 is 17.7 Å². The van der Waals surface area contributed by atoms with E-state index in [4.69, 9.17) is 10.8 Å². The largest absolute Gasteiger partial charge is 0.312 e. The second-order valence-corrected chi connectivity index (χ2v) is 7.79. The van der Waals surface area contributed by atoms with Gasteiger partial charge in [0.15, 0.2) is 5.78 Å². The van der Waals surface area contributed by atoms with Crippen LogP contribution in [0.15, 0.2) is 11.1 Å². The zero-order chi connectivity index (χ0) is 18.9. The van der Waals surface area contributed by atoms with E-state index in [0.29, 0.717) is 17.7 Å². The SMILES string of the molecule is CCCCCC1=C(C(=N)CC)C(=O)C(C=N)CC(CCC)(CCC)C1. The number of carbonyl (C=O) groups is 1. The molecule has 0 heterocycles. The summed E-state index contributed by atoms with van der Waals surface area (Å²) >= 11 is 0. The monoisotopic (exact) mass is 346 g/mol. The van der Waals surface area contributed by atoms with Gasteiger partial charge in [0.25, 0.3) is 0 Å². The normalized spacial score (nSPS) is 20.5. The van der Waals surface area contributed by atoms with E-state index in [0.717, 1.165) is 51.4 Å². The Morgan fingerprint density at radius 3 is 2.24 bits per heavy atom. The van der Waals surface area contributed by atoms with E-state index in [1.165, 1.54) is 24.6 Å². The molecule has 1 unspecified atom stereocenters. The van der Waals surface area contributed by atoms with Gasteiger partial charge in [-0.2, -0.15) is 0 Å². The molecule has 1 atom stereocenters. The number of ketones is 1. The van der Waals surface area contributed by atoms with Gasteiger partial charge in [0.05, 0.1) is 5.92 Å². The fourth-order valence-electron chi connectivity index (χ4n) is 4.57. The van der Waals surface area contributed by atoms with Crippen LogP contribution in [0, 0.1) is 22.2 Å². The lowest BCUT2D eigenvalue weighted by Crippen LogP contribution is -2.27. The molecule has 2 N–H and O–H groups in total. The smallest absolute Gasteiger partial charge is 0.173 e. The van der Waals surface area contributed by atoms with Gasteiger partial charge in [0.1, 0.15) is 0 Å². The first kappa shape index (κ1) is 21.8. The van der Waals surface area contributed by atoms with Gasteiger partial charge < -0.3 is 10.8 Å². The quantitative estimate of drug-likeness (QED) is 0.325. The van der Waals surface area contributed by atoms with Crippen molar-refractivity contribution in [3.05, 3.63) is 11.1 Å². The van der Waals surface area contributed by atoms with Gasteiger partial charge in [-0.25, -0.2) is 0 Å². The molecule has 0 aromatic carbocycles. The fraction of sp³-hybridized carbons (Fsp3) is 0.773. The number of rotatable bonds is 11. The minimum absolute atomic E-state index is 0.0439. The van der Waals surface area contributed by atoms with Crippen LogP contribution < -0.4 is 0 Å². The molecular weight excluding hydrogens is 308 g/mol. The van der Waals surface area contributed by atoms with Crippen molar-refractivity contribution in [3.63, 3.8) is 0 Å². The van der Waals surface area contributed by atoms with E-state index >= 15 is 0 Å². The zero-order valence-corrected chi connectivity index (χ0v) is 16.8. The van der Waals surface area contributed by atoms with Crippen LogP contribution in [0.4, 0.5) is 0 Å². The molecule has 1 aliphatic rings. The van der Waals surface area contributed by atoms with Gasteiger partial charge in [0.2, 0.25) is 0 Å². The number of allylic oxidation sites excluding steroid dienone is 2. The average Bonchev–Trinajstić information content (AvgIpc) is 2.70. The van der Waals surface area contributed by atoms with Crippen LogP contribution in [0.1, 0.15) is 98.3 Å². The summed E-state index contributed by atoms with van der Waals surface area (Å²) in [6.07, 6.45) is 12.5. The topological polar surface area (TPSA) is 64.8 Å². The molecule has 0 saturated carbocycles. The molecule has 0 fully saturated rings. The summed E-state index contributed by atoms with van der Waals surface area (Å²) in [4.78, 5) is 13.2. The number of hydrogen-bond donors (Lipinski definition) is 2. The molecule has 3 heteroatoms. The molecule has 0 aromatic heterocycles. The minimum atomic E-state index is -0.344. The van der Waals surface area contributed by atoms with Crippen LogP contribution in [0.2, 0.25) is 0 Å². The molecule has 0 spiro atoms. The van der Waals surface area contributed by atoms with Gasteiger partial charge >= 0.3 is 0 Å². The predicted octanol–water partition coefficient (Wildman–Crippen LogP) is 6.51. The number of nitrogens with one attached hydrogen (secondary N) is 2. The average molecular weight is 347 g/mol. The van der Waals surface area contributed by atoms with Crippen LogP contribution in [-0.4, -0.2) is 17.7 Å². The summed E-state index contributed by atoms with van der Waals surface area (Å²) in [5, 5.41) is 16.3. The summed E-state index contributed by atoms with van der Waals surface area (Å²) in [6, 6.07) is 0. The molecule has 25 heavy (non-hydrogen) atoms. The van der Waals surface area contributed by atoms with Crippen molar-refractivity contribution in [3.8, 4) is 0 Å². The lowest BCUT2D eigenvalue weighted by molar-refractivity contribution is -0.117. The third-order valence-electron chi connectivity index (χ3n) is 5.68. The van der Waals surface area contributed by atoms with E-state index < -0.39 is 0 Å². The lowest BCUT2D eigenvalue weighted by atomic mass is 9.70. The fourth-order valence-corrected chi connectivity index (χ4v) is 4.57. The van der Waals surface area contributed by atoms with E-state index in [2.05, 4.69) is 20.8 Å². The molecule has 0 aliphatic heterocycles. The van der Waals surface area contributed by atoms with Crippen molar-refractivity contribution < 1.29 is 4.79 Å². The molecule has 0 bridgehead atoms. The van der Waals surface area contributed by atoms with Crippen molar-refractivity contribution in [2.45, 2.75) is 98.3 Å². The van der Waals surface area contributed by atoms with Crippen molar-refractivity contribution in [1.82, 2.24) is 0 Å².